The number of ether oxygens (including phenoxy) is 1. The fourth-order valence-electron chi connectivity index (χ4n) is 0.942. The Morgan fingerprint density at radius 3 is 2.60 bits per heavy atom. The lowest BCUT2D eigenvalue weighted by atomic mass is 10.2. The third-order valence-electron chi connectivity index (χ3n) is 1.63. The van der Waals surface area contributed by atoms with Gasteiger partial charge in [-0.2, -0.15) is 4.99 Å². The number of carbonyl (C=O) groups is 1. The van der Waals surface area contributed by atoms with Gasteiger partial charge in [0.05, 0.1) is 12.7 Å². The summed E-state index contributed by atoms with van der Waals surface area (Å²) in [6, 6.07) is 1.95. The van der Waals surface area contributed by atoms with Crippen molar-refractivity contribution in [3.8, 4) is 0 Å². The van der Waals surface area contributed by atoms with Crippen LogP contribution in [-0.2, 0) is 9.53 Å². The Kier molecular flexibility index (Phi) is 3.25. The summed E-state index contributed by atoms with van der Waals surface area (Å²) in [4.78, 5) is 23.7. The second-order valence-electron chi connectivity index (χ2n) is 2.45. The van der Waals surface area contributed by atoms with Crippen LogP contribution in [0.15, 0.2) is 17.1 Å². The van der Waals surface area contributed by atoms with E-state index in [1.54, 1.807) is 0 Å². The second-order valence-corrected chi connectivity index (χ2v) is 2.45. The Balaban J connectivity index is 3.33. The molecule has 0 unspecified atom stereocenters. The van der Waals surface area contributed by atoms with Crippen molar-refractivity contribution >= 4 is 17.7 Å². The number of hydrogen-bond donors (Lipinski definition) is 0. The van der Waals surface area contributed by atoms with Gasteiger partial charge in [0.1, 0.15) is 5.69 Å². The van der Waals surface area contributed by atoms with Crippen molar-refractivity contribution in [2.75, 3.05) is 7.11 Å². The number of methoxy groups -OCH3 is 1. The number of halogens is 2. The van der Waals surface area contributed by atoms with Crippen LogP contribution >= 0.6 is 0 Å². The van der Waals surface area contributed by atoms with Gasteiger partial charge in [-0.3, -0.25) is 0 Å². The number of rotatable bonds is 2. The van der Waals surface area contributed by atoms with E-state index < -0.39 is 28.9 Å². The molecule has 6 heteroatoms. The van der Waals surface area contributed by atoms with Gasteiger partial charge >= 0.3 is 5.97 Å². The Morgan fingerprint density at radius 1 is 1.40 bits per heavy atom. The predicted octanol–water partition coefficient (Wildman–Crippen LogP) is 1.72. The van der Waals surface area contributed by atoms with Crippen molar-refractivity contribution in [1.29, 1.82) is 0 Å². The van der Waals surface area contributed by atoms with E-state index >= 15 is 0 Å². The van der Waals surface area contributed by atoms with Gasteiger partial charge in [0.15, 0.2) is 11.6 Å². The van der Waals surface area contributed by atoms with Crippen LogP contribution < -0.4 is 0 Å². The Morgan fingerprint density at radius 2 is 2.07 bits per heavy atom. The van der Waals surface area contributed by atoms with Crippen molar-refractivity contribution < 1.29 is 23.1 Å². The fourth-order valence-corrected chi connectivity index (χ4v) is 0.942. The molecule has 0 aliphatic heterocycles. The van der Waals surface area contributed by atoms with E-state index in [9.17, 15) is 18.4 Å². The van der Waals surface area contributed by atoms with Gasteiger partial charge in [-0.05, 0) is 12.1 Å². The minimum absolute atomic E-state index is 0.518. The van der Waals surface area contributed by atoms with Crippen LogP contribution in [0.2, 0.25) is 0 Å². The van der Waals surface area contributed by atoms with Gasteiger partial charge in [0, 0.05) is 0 Å². The van der Waals surface area contributed by atoms with Crippen molar-refractivity contribution in [1.82, 2.24) is 0 Å². The van der Waals surface area contributed by atoms with Gasteiger partial charge in [-0.1, -0.05) is 0 Å². The highest BCUT2D eigenvalue weighted by Crippen LogP contribution is 2.22. The maximum atomic E-state index is 13.2. The standard InChI is InChI=1S/C9H5F2NO3/c1-15-9(14)5-2-3-6(12-4-13)8(11)7(5)10/h2-3H,1H3. The summed E-state index contributed by atoms with van der Waals surface area (Å²) in [5, 5.41) is 0. The van der Waals surface area contributed by atoms with Crippen LogP contribution in [0.25, 0.3) is 0 Å². The first-order chi connectivity index (χ1) is 7.11. The van der Waals surface area contributed by atoms with Crippen molar-refractivity contribution in [3.63, 3.8) is 0 Å². The molecule has 78 valence electrons. The summed E-state index contributed by atoms with van der Waals surface area (Å²) in [6.07, 6.45) is 1.07. The smallest absolute Gasteiger partial charge is 0.340 e. The van der Waals surface area contributed by atoms with E-state index in [-0.39, 0.29) is 0 Å². The average molecular weight is 213 g/mol. The first kappa shape index (κ1) is 11.0. The van der Waals surface area contributed by atoms with E-state index in [1.165, 1.54) is 0 Å². The number of hydrogen-bond acceptors (Lipinski definition) is 4. The van der Waals surface area contributed by atoms with Gasteiger partial charge in [0.2, 0.25) is 6.08 Å². The molecule has 0 spiro atoms. The highest BCUT2D eigenvalue weighted by Gasteiger charge is 2.18. The molecule has 0 amide bonds. The lowest BCUT2D eigenvalue weighted by Gasteiger charge is -2.02. The molecule has 0 heterocycles. The molecule has 0 radical (unpaired) electrons. The van der Waals surface area contributed by atoms with Gasteiger partial charge in [0.25, 0.3) is 0 Å². The molecular weight excluding hydrogens is 208 g/mol. The average Bonchev–Trinajstić information content (AvgIpc) is 2.24. The summed E-state index contributed by atoms with van der Waals surface area (Å²) >= 11 is 0. The minimum atomic E-state index is -1.40. The quantitative estimate of drug-likeness (QED) is 0.427. The van der Waals surface area contributed by atoms with Crippen molar-refractivity contribution in [2.24, 2.45) is 4.99 Å². The van der Waals surface area contributed by atoms with Gasteiger partial charge in [-0.25, -0.2) is 18.4 Å². The number of carbonyl (C=O) groups excluding carboxylic acids is 2. The Labute approximate surface area is 83.2 Å². The zero-order chi connectivity index (χ0) is 11.4. The summed E-state index contributed by atoms with van der Waals surface area (Å²) in [6.45, 7) is 0. The predicted molar refractivity (Wildman–Crippen MR) is 45.5 cm³/mol. The topological polar surface area (TPSA) is 55.7 Å². The third-order valence-corrected chi connectivity index (χ3v) is 1.63. The number of benzene rings is 1. The molecule has 15 heavy (non-hydrogen) atoms. The molecule has 0 fully saturated rings. The fraction of sp³-hybridized carbons (Fsp3) is 0.111. The van der Waals surface area contributed by atoms with Crippen molar-refractivity contribution in [3.05, 3.63) is 29.3 Å². The number of aliphatic imine (C=N–C) groups is 1. The van der Waals surface area contributed by atoms with E-state index in [0.29, 0.717) is 0 Å². The number of nitrogens with zero attached hydrogens (tertiary/aromatic N) is 1. The number of esters is 1. The maximum absolute atomic E-state index is 13.2. The number of isocyanates is 1. The van der Waals surface area contributed by atoms with E-state index in [4.69, 9.17) is 0 Å². The zero-order valence-electron chi connectivity index (χ0n) is 7.58. The third kappa shape index (κ3) is 2.05. The molecular formula is C9H5F2NO3. The van der Waals surface area contributed by atoms with Crippen LogP contribution in [0.5, 0.6) is 0 Å². The Bertz CT molecular complexity index is 453. The minimum Gasteiger partial charge on any atom is -0.465 e. The van der Waals surface area contributed by atoms with Crippen LogP contribution in [0.1, 0.15) is 10.4 Å². The molecule has 0 saturated heterocycles. The van der Waals surface area contributed by atoms with Crippen LogP contribution in [0, 0.1) is 11.6 Å². The molecule has 0 saturated carbocycles. The van der Waals surface area contributed by atoms with Gasteiger partial charge < -0.3 is 4.74 Å². The molecule has 0 N–H and O–H groups in total. The molecule has 1 rings (SSSR count). The summed E-state index contributed by atoms with van der Waals surface area (Å²) in [7, 11) is 1.04. The van der Waals surface area contributed by atoms with Crippen LogP contribution in [0.4, 0.5) is 14.5 Å². The Hall–Kier alpha value is -2.07. The van der Waals surface area contributed by atoms with Crippen LogP contribution in [0.3, 0.4) is 0 Å². The van der Waals surface area contributed by atoms with E-state index in [2.05, 4.69) is 9.73 Å². The SMILES string of the molecule is COC(=O)c1ccc(N=C=O)c(F)c1F. The molecule has 1 aromatic rings. The summed E-state index contributed by atoms with van der Waals surface area (Å²) in [5.41, 5.74) is -1.07. The highest BCUT2D eigenvalue weighted by molar-refractivity contribution is 5.90. The van der Waals surface area contributed by atoms with Crippen LogP contribution in [-0.4, -0.2) is 19.2 Å². The van der Waals surface area contributed by atoms with Crippen molar-refractivity contribution in [2.45, 2.75) is 0 Å². The molecule has 1 aromatic carbocycles. The molecule has 0 atom stereocenters. The van der Waals surface area contributed by atoms with E-state index in [0.717, 1.165) is 25.3 Å². The monoisotopic (exact) mass is 213 g/mol. The molecule has 0 aliphatic carbocycles. The molecule has 4 nitrogen and oxygen atoms in total. The van der Waals surface area contributed by atoms with E-state index in [1.807, 2.05) is 0 Å². The molecule has 0 aliphatic rings. The van der Waals surface area contributed by atoms with Gasteiger partial charge in [-0.15, -0.1) is 0 Å². The largest absolute Gasteiger partial charge is 0.465 e. The highest BCUT2D eigenvalue weighted by atomic mass is 19.2. The zero-order valence-corrected chi connectivity index (χ0v) is 7.58. The molecule has 0 aromatic heterocycles. The summed E-state index contributed by atoms with van der Waals surface area (Å²) < 4.78 is 30.5. The lowest BCUT2D eigenvalue weighted by Crippen LogP contribution is -2.05. The lowest BCUT2D eigenvalue weighted by molar-refractivity contribution is 0.0594. The maximum Gasteiger partial charge on any atom is 0.340 e. The second kappa shape index (κ2) is 4.43. The molecule has 0 bridgehead atoms. The first-order valence-corrected chi connectivity index (χ1v) is 3.76. The summed E-state index contributed by atoms with van der Waals surface area (Å²) in [5.74, 6) is -3.80. The normalized spacial score (nSPS) is 9.27. The first-order valence-electron chi connectivity index (χ1n) is 3.76.